The van der Waals surface area contributed by atoms with Gasteiger partial charge in [-0.2, -0.15) is 5.10 Å². The Balaban J connectivity index is 1.39. The number of hydrogen-bond acceptors (Lipinski definition) is 3. The molecule has 126 valence electrons. The number of benzene rings is 1. The van der Waals surface area contributed by atoms with Crippen LogP contribution in [0, 0.1) is 11.6 Å². The van der Waals surface area contributed by atoms with E-state index in [9.17, 15) is 13.6 Å². The fraction of sp³-hybridized carbons (Fsp3) is 0.471. The quantitative estimate of drug-likeness (QED) is 0.940. The number of carbonyl (C=O) groups is 1. The molecule has 1 aromatic heterocycles. The van der Waals surface area contributed by atoms with Crippen molar-refractivity contribution in [3.63, 3.8) is 0 Å². The van der Waals surface area contributed by atoms with Crippen molar-refractivity contribution >= 4 is 5.91 Å². The number of H-pyrrole nitrogens is 1. The zero-order valence-electron chi connectivity index (χ0n) is 13.1. The Morgan fingerprint density at radius 1 is 1.08 bits per heavy atom. The van der Waals surface area contributed by atoms with Gasteiger partial charge in [-0.25, -0.2) is 13.8 Å². The third kappa shape index (κ3) is 2.90. The van der Waals surface area contributed by atoms with Crippen LogP contribution in [0.1, 0.15) is 59.5 Å². The number of aromatic amines is 1. The average Bonchev–Trinajstić information content (AvgIpc) is 3.34. The Hall–Kier alpha value is -2.31. The van der Waals surface area contributed by atoms with Crippen molar-refractivity contribution in [3.05, 3.63) is 47.0 Å². The minimum atomic E-state index is -0.995. The number of likely N-dealkylation sites (tertiary alicyclic amines) is 1. The van der Waals surface area contributed by atoms with Crippen LogP contribution in [-0.4, -0.2) is 39.1 Å². The lowest BCUT2D eigenvalue weighted by atomic mass is 9.95. The summed E-state index contributed by atoms with van der Waals surface area (Å²) in [7, 11) is 0. The van der Waals surface area contributed by atoms with Crippen molar-refractivity contribution in [1.29, 1.82) is 0 Å². The highest BCUT2D eigenvalue weighted by Gasteiger charge is 2.31. The van der Waals surface area contributed by atoms with Gasteiger partial charge in [-0.3, -0.25) is 9.89 Å². The number of halogens is 2. The molecule has 24 heavy (non-hydrogen) atoms. The molecule has 1 amide bonds. The molecule has 0 bridgehead atoms. The molecule has 4 rings (SSSR count). The molecule has 1 aliphatic carbocycles. The molecule has 2 aromatic rings. The molecule has 2 aliphatic rings. The minimum Gasteiger partial charge on any atom is -0.339 e. The molecule has 1 saturated heterocycles. The molecule has 5 nitrogen and oxygen atoms in total. The van der Waals surface area contributed by atoms with E-state index >= 15 is 0 Å². The maximum absolute atomic E-state index is 13.3. The highest BCUT2D eigenvalue weighted by Crippen LogP contribution is 2.38. The lowest BCUT2D eigenvalue weighted by Crippen LogP contribution is -2.38. The van der Waals surface area contributed by atoms with Crippen LogP contribution in [0.25, 0.3) is 0 Å². The van der Waals surface area contributed by atoms with Gasteiger partial charge in [0.25, 0.3) is 5.91 Å². The van der Waals surface area contributed by atoms with Gasteiger partial charge in [0.2, 0.25) is 0 Å². The van der Waals surface area contributed by atoms with E-state index in [-0.39, 0.29) is 17.4 Å². The molecular formula is C17H18F2N4O. The molecule has 0 atom stereocenters. The molecule has 1 aliphatic heterocycles. The Morgan fingerprint density at radius 3 is 2.50 bits per heavy atom. The fourth-order valence-corrected chi connectivity index (χ4v) is 3.16. The second kappa shape index (κ2) is 5.96. The minimum absolute atomic E-state index is 0.183. The standard InChI is InChI=1S/C17H18F2N4O/c18-13-4-3-12(9-14(13)19)17(24)23-7-5-11(6-8-23)16-20-15(21-22-16)10-1-2-10/h3-4,9-11H,1-2,5-8H2,(H,20,21,22). The first kappa shape index (κ1) is 15.2. The van der Waals surface area contributed by atoms with Crippen LogP contribution in [0.5, 0.6) is 0 Å². The molecule has 1 N–H and O–H groups in total. The van der Waals surface area contributed by atoms with Gasteiger partial charge < -0.3 is 4.90 Å². The second-order valence-electron chi connectivity index (χ2n) is 6.55. The number of amides is 1. The molecule has 2 heterocycles. The predicted molar refractivity (Wildman–Crippen MR) is 82.6 cm³/mol. The van der Waals surface area contributed by atoms with Gasteiger partial charge in [-0.05, 0) is 43.9 Å². The molecular weight excluding hydrogens is 314 g/mol. The summed E-state index contributed by atoms with van der Waals surface area (Å²) >= 11 is 0. The summed E-state index contributed by atoms with van der Waals surface area (Å²) in [6.07, 6.45) is 3.90. The second-order valence-corrected chi connectivity index (χ2v) is 6.55. The predicted octanol–water partition coefficient (Wildman–Crippen LogP) is 2.98. The smallest absolute Gasteiger partial charge is 0.253 e. The van der Waals surface area contributed by atoms with E-state index in [1.165, 1.54) is 18.9 Å². The van der Waals surface area contributed by atoms with Crippen LogP contribution in [-0.2, 0) is 0 Å². The SMILES string of the molecule is O=C(c1ccc(F)c(F)c1)N1CCC(c2nc(C3CC3)n[nH]2)CC1. The van der Waals surface area contributed by atoms with E-state index in [2.05, 4.69) is 15.2 Å². The van der Waals surface area contributed by atoms with Crippen molar-refractivity contribution < 1.29 is 13.6 Å². The fourth-order valence-electron chi connectivity index (χ4n) is 3.16. The first-order valence-corrected chi connectivity index (χ1v) is 8.28. The number of piperidine rings is 1. The summed E-state index contributed by atoms with van der Waals surface area (Å²) in [5.41, 5.74) is 0.183. The monoisotopic (exact) mass is 332 g/mol. The summed E-state index contributed by atoms with van der Waals surface area (Å²) in [6, 6.07) is 3.27. The third-order valence-electron chi connectivity index (χ3n) is 4.80. The summed E-state index contributed by atoms with van der Waals surface area (Å²) < 4.78 is 26.3. The maximum Gasteiger partial charge on any atom is 0.253 e. The van der Waals surface area contributed by atoms with E-state index in [1.807, 2.05) is 0 Å². The molecule has 7 heteroatoms. The molecule has 1 saturated carbocycles. The average molecular weight is 332 g/mol. The number of hydrogen-bond donors (Lipinski definition) is 1. The van der Waals surface area contributed by atoms with Gasteiger partial charge in [-0.15, -0.1) is 0 Å². The molecule has 0 radical (unpaired) electrons. The lowest BCUT2D eigenvalue weighted by Gasteiger charge is -2.31. The first-order chi connectivity index (χ1) is 11.6. The van der Waals surface area contributed by atoms with E-state index in [0.29, 0.717) is 19.0 Å². The van der Waals surface area contributed by atoms with Gasteiger partial charge >= 0.3 is 0 Å². The Labute approximate surface area is 138 Å². The zero-order chi connectivity index (χ0) is 16.7. The number of rotatable bonds is 3. The van der Waals surface area contributed by atoms with Gasteiger partial charge in [-0.1, -0.05) is 0 Å². The van der Waals surface area contributed by atoms with Crippen molar-refractivity contribution in [1.82, 2.24) is 20.1 Å². The number of aromatic nitrogens is 3. The number of carbonyl (C=O) groups excluding carboxylic acids is 1. The Morgan fingerprint density at radius 2 is 1.83 bits per heavy atom. The zero-order valence-corrected chi connectivity index (χ0v) is 13.1. The van der Waals surface area contributed by atoms with Gasteiger partial charge in [0, 0.05) is 30.5 Å². The number of nitrogens with zero attached hydrogens (tertiary/aromatic N) is 3. The van der Waals surface area contributed by atoms with Crippen molar-refractivity contribution in [3.8, 4) is 0 Å². The van der Waals surface area contributed by atoms with Crippen molar-refractivity contribution in [2.45, 2.75) is 37.5 Å². The van der Waals surface area contributed by atoms with Crippen LogP contribution < -0.4 is 0 Å². The third-order valence-corrected chi connectivity index (χ3v) is 4.80. The summed E-state index contributed by atoms with van der Waals surface area (Å²) in [5, 5.41) is 7.31. The largest absolute Gasteiger partial charge is 0.339 e. The van der Waals surface area contributed by atoms with Gasteiger partial charge in [0.15, 0.2) is 17.5 Å². The highest BCUT2D eigenvalue weighted by atomic mass is 19.2. The van der Waals surface area contributed by atoms with Crippen LogP contribution in [0.4, 0.5) is 8.78 Å². The van der Waals surface area contributed by atoms with Crippen LogP contribution >= 0.6 is 0 Å². The van der Waals surface area contributed by atoms with E-state index in [4.69, 9.17) is 0 Å². The van der Waals surface area contributed by atoms with Crippen molar-refractivity contribution in [2.75, 3.05) is 13.1 Å². The van der Waals surface area contributed by atoms with Gasteiger partial charge in [0.05, 0.1) is 0 Å². The summed E-state index contributed by atoms with van der Waals surface area (Å²) in [6.45, 7) is 1.14. The molecule has 2 fully saturated rings. The van der Waals surface area contributed by atoms with Crippen LogP contribution in [0.3, 0.4) is 0 Å². The Kier molecular flexibility index (Phi) is 3.78. The highest BCUT2D eigenvalue weighted by molar-refractivity contribution is 5.94. The Bertz CT molecular complexity index is 764. The molecule has 0 spiro atoms. The number of nitrogens with one attached hydrogen (secondary N) is 1. The van der Waals surface area contributed by atoms with E-state index in [0.717, 1.165) is 36.6 Å². The van der Waals surface area contributed by atoms with E-state index in [1.54, 1.807) is 4.90 Å². The molecule has 0 unspecified atom stereocenters. The van der Waals surface area contributed by atoms with Gasteiger partial charge in [0.1, 0.15) is 5.82 Å². The topological polar surface area (TPSA) is 61.9 Å². The maximum atomic E-state index is 13.3. The van der Waals surface area contributed by atoms with Crippen molar-refractivity contribution in [2.24, 2.45) is 0 Å². The summed E-state index contributed by atoms with van der Waals surface area (Å²) in [5.74, 6) is 0.391. The lowest BCUT2D eigenvalue weighted by molar-refractivity contribution is 0.0710. The summed E-state index contributed by atoms with van der Waals surface area (Å²) in [4.78, 5) is 18.7. The molecule has 1 aromatic carbocycles. The van der Waals surface area contributed by atoms with Crippen LogP contribution in [0.2, 0.25) is 0 Å². The normalized spacial score (nSPS) is 18.8. The van der Waals surface area contributed by atoms with Crippen LogP contribution in [0.15, 0.2) is 18.2 Å². The van der Waals surface area contributed by atoms with E-state index < -0.39 is 11.6 Å². The first-order valence-electron chi connectivity index (χ1n) is 8.28.